The molecule has 0 aromatic heterocycles. The number of hydrogen-bond donors (Lipinski definition) is 2. The molecule has 0 fully saturated rings. The summed E-state index contributed by atoms with van der Waals surface area (Å²) in [6.45, 7) is 4.85. The van der Waals surface area contributed by atoms with Gasteiger partial charge in [0.2, 0.25) is 10.0 Å². The molecule has 4 nitrogen and oxygen atoms in total. The minimum atomic E-state index is -4.21. The van der Waals surface area contributed by atoms with Gasteiger partial charge in [-0.25, -0.2) is 21.9 Å². The summed E-state index contributed by atoms with van der Waals surface area (Å²) in [6.07, 6.45) is 0.656. The first-order chi connectivity index (χ1) is 9.10. The number of nitrogens with one attached hydrogen (secondary N) is 1. The van der Waals surface area contributed by atoms with Gasteiger partial charge in [0, 0.05) is 6.54 Å². The summed E-state index contributed by atoms with van der Waals surface area (Å²) in [4.78, 5) is -0.766. The van der Waals surface area contributed by atoms with Gasteiger partial charge in [0.05, 0.1) is 5.60 Å². The summed E-state index contributed by atoms with van der Waals surface area (Å²) >= 11 is 0. The summed E-state index contributed by atoms with van der Waals surface area (Å²) in [7, 11) is -4.21. The van der Waals surface area contributed by atoms with Crippen molar-refractivity contribution >= 4 is 10.0 Å². The summed E-state index contributed by atoms with van der Waals surface area (Å²) in [5.41, 5.74) is -1.27. The van der Waals surface area contributed by atoms with Crippen LogP contribution in [0.1, 0.15) is 27.2 Å². The molecule has 0 bridgehead atoms. The molecular weight excluding hydrogens is 288 g/mol. The standard InChI is InChI=1S/C13H19F2NO3S/c1-4-9(2)13(3,17)8-16-20(18,19)12-7-10(14)5-6-11(12)15/h5-7,9,16-17H,4,8H2,1-3H3. The largest absolute Gasteiger partial charge is 0.389 e. The van der Waals surface area contributed by atoms with Crippen molar-refractivity contribution < 1.29 is 22.3 Å². The van der Waals surface area contributed by atoms with Crippen LogP contribution in [0.3, 0.4) is 0 Å². The van der Waals surface area contributed by atoms with E-state index in [-0.39, 0.29) is 12.5 Å². The van der Waals surface area contributed by atoms with Crippen LogP contribution in [0.2, 0.25) is 0 Å². The lowest BCUT2D eigenvalue weighted by Gasteiger charge is -2.29. The molecule has 0 saturated heterocycles. The fraction of sp³-hybridized carbons (Fsp3) is 0.538. The maximum Gasteiger partial charge on any atom is 0.243 e. The van der Waals surface area contributed by atoms with Gasteiger partial charge in [-0.3, -0.25) is 0 Å². The molecule has 0 radical (unpaired) electrons. The Bertz CT molecular complexity index is 573. The summed E-state index contributed by atoms with van der Waals surface area (Å²) in [5.74, 6) is -2.04. The minimum Gasteiger partial charge on any atom is -0.389 e. The van der Waals surface area contributed by atoms with Crippen molar-refractivity contribution in [2.75, 3.05) is 6.54 Å². The molecule has 114 valence electrons. The second-order valence-electron chi connectivity index (χ2n) is 5.07. The number of benzene rings is 1. The van der Waals surface area contributed by atoms with Crippen molar-refractivity contribution in [3.05, 3.63) is 29.8 Å². The fourth-order valence-electron chi connectivity index (χ4n) is 1.62. The predicted octanol–water partition coefficient (Wildman–Crippen LogP) is 2.04. The van der Waals surface area contributed by atoms with Crippen molar-refractivity contribution in [1.82, 2.24) is 4.72 Å². The number of sulfonamides is 1. The van der Waals surface area contributed by atoms with Crippen LogP contribution in [0.15, 0.2) is 23.1 Å². The lowest BCUT2D eigenvalue weighted by molar-refractivity contribution is 0.0102. The first-order valence-electron chi connectivity index (χ1n) is 6.27. The molecule has 7 heteroatoms. The fourth-order valence-corrected chi connectivity index (χ4v) is 2.85. The Hall–Kier alpha value is -1.05. The van der Waals surface area contributed by atoms with Crippen LogP contribution in [-0.2, 0) is 10.0 Å². The second kappa shape index (κ2) is 6.15. The van der Waals surface area contributed by atoms with Gasteiger partial charge < -0.3 is 5.11 Å². The van der Waals surface area contributed by atoms with Crippen LogP contribution in [0.25, 0.3) is 0 Å². The molecule has 1 aromatic rings. The lowest BCUT2D eigenvalue weighted by atomic mass is 9.89. The van der Waals surface area contributed by atoms with E-state index in [0.717, 1.165) is 12.1 Å². The van der Waals surface area contributed by atoms with E-state index in [2.05, 4.69) is 4.72 Å². The number of aliphatic hydroxyl groups is 1. The molecule has 1 aromatic carbocycles. The minimum absolute atomic E-state index is 0.150. The van der Waals surface area contributed by atoms with Gasteiger partial charge in [-0.05, 0) is 31.0 Å². The van der Waals surface area contributed by atoms with Gasteiger partial charge in [0.1, 0.15) is 16.5 Å². The van der Waals surface area contributed by atoms with E-state index in [1.807, 2.05) is 6.92 Å². The van der Waals surface area contributed by atoms with Crippen LogP contribution in [-0.4, -0.2) is 25.7 Å². The highest BCUT2D eigenvalue weighted by atomic mass is 32.2. The van der Waals surface area contributed by atoms with Gasteiger partial charge in [-0.1, -0.05) is 20.3 Å². The van der Waals surface area contributed by atoms with Crippen molar-refractivity contribution in [3.8, 4) is 0 Å². The topological polar surface area (TPSA) is 66.4 Å². The van der Waals surface area contributed by atoms with Gasteiger partial charge in [0.15, 0.2) is 0 Å². The van der Waals surface area contributed by atoms with Crippen LogP contribution in [0.5, 0.6) is 0 Å². The van der Waals surface area contributed by atoms with Crippen LogP contribution < -0.4 is 4.72 Å². The Morgan fingerprint density at radius 1 is 1.40 bits per heavy atom. The van der Waals surface area contributed by atoms with Crippen molar-refractivity contribution in [3.63, 3.8) is 0 Å². The molecule has 0 amide bonds. The van der Waals surface area contributed by atoms with E-state index in [9.17, 15) is 22.3 Å². The average Bonchev–Trinajstić information content (AvgIpc) is 2.38. The van der Waals surface area contributed by atoms with E-state index >= 15 is 0 Å². The first-order valence-corrected chi connectivity index (χ1v) is 7.75. The van der Waals surface area contributed by atoms with E-state index in [1.54, 1.807) is 6.92 Å². The van der Waals surface area contributed by atoms with E-state index < -0.39 is 32.2 Å². The highest BCUT2D eigenvalue weighted by molar-refractivity contribution is 7.89. The first kappa shape index (κ1) is 17.0. The maximum atomic E-state index is 13.5. The Morgan fingerprint density at radius 2 is 2.00 bits per heavy atom. The molecule has 0 aliphatic heterocycles. The normalized spacial score (nSPS) is 16.7. The quantitative estimate of drug-likeness (QED) is 0.845. The molecule has 0 spiro atoms. The zero-order valence-corrected chi connectivity index (χ0v) is 12.5. The molecule has 2 unspecified atom stereocenters. The second-order valence-corrected chi connectivity index (χ2v) is 6.80. The number of hydrogen-bond acceptors (Lipinski definition) is 3. The zero-order valence-electron chi connectivity index (χ0n) is 11.7. The smallest absolute Gasteiger partial charge is 0.243 e. The van der Waals surface area contributed by atoms with Crippen molar-refractivity contribution in [1.29, 1.82) is 0 Å². The Labute approximate surface area is 117 Å². The third kappa shape index (κ3) is 3.97. The highest BCUT2D eigenvalue weighted by Gasteiger charge is 2.30. The number of rotatable bonds is 6. The summed E-state index contributed by atoms with van der Waals surface area (Å²) < 4.78 is 52.5. The monoisotopic (exact) mass is 307 g/mol. The van der Waals surface area contributed by atoms with Crippen LogP contribution >= 0.6 is 0 Å². The van der Waals surface area contributed by atoms with Crippen LogP contribution in [0, 0.1) is 17.6 Å². The predicted molar refractivity (Wildman–Crippen MR) is 71.6 cm³/mol. The van der Waals surface area contributed by atoms with Gasteiger partial charge >= 0.3 is 0 Å². The molecule has 2 atom stereocenters. The third-order valence-corrected chi connectivity index (χ3v) is 4.89. The van der Waals surface area contributed by atoms with Gasteiger partial charge in [0.25, 0.3) is 0 Å². The molecule has 2 N–H and O–H groups in total. The SMILES string of the molecule is CCC(C)C(C)(O)CNS(=O)(=O)c1cc(F)ccc1F. The molecule has 0 heterocycles. The van der Waals surface area contributed by atoms with E-state index in [4.69, 9.17) is 0 Å². The van der Waals surface area contributed by atoms with Crippen molar-refractivity contribution in [2.24, 2.45) is 5.92 Å². The van der Waals surface area contributed by atoms with Crippen molar-refractivity contribution in [2.45, 2.75) is 37.7 Å². The highest BCUT2D eigenvalue weighted by Crippen LogP contribution is 2.21. The summed E-state index contributed by atoms with van der Waals surface area (Å²) in [6, 6.07) is 2.19. The Balaban J connectivity index is 2.94. The average molecular weight is 307 g/mol. The molecular formula is C13H19F2NO3S. The Morgan fingerprint density at radius 3 is 2.55 bits per heavy atom. The van der Waals surface area contributed by atoms with Crippen LogP contribution in [0.4, 0.5) is 8.78 Å². The zero-order chi connectivity index (χ0) is 15.6. The molecule has 1 rings (SSSR count). The molecule has 20 heavy (non-hydrogen) atoms. The maximum absolute atomic E-state index is 13.5. The van der Waals surface area contributed by atoms with Gasteiger partial charge in [-0.2, -0.15) is 0 Å². The van der Waals surface area contributed by atoms with Gasteiger partial charge in [-0.15, -0.1) is 0 Å². The molecule has 0 aliphatic carbocycles. The molecule has 0 saturated carbocycles. The van der Waals surface area contributed by atoms with E-state index in [0.29, 0.717) is 12.5 Å². The Kier molecular flexibility index (Phi) is 5.23. The third-order valence-electron chi connectivity index (χ3n) is 3.48. The molecule has 0 aliphatic rings. The lowest BCUT2D eigenvalue weighted by Crippen LogP contribution is -2.45. The summed E-state index contributed by atoms with van der Waals surface area (Å²) in [5, 5.41) is 10.1. The van der Waals surface area contributed by atoms with E-state index in [1.165, 1.54) is 6.92 Å². The number of halogens is 2.